The second-order valence-electron chi connectivity index (χ2n) is 4.57. The summed E-state index contributed by atoms with van der Waals surface area (Å²) in [6.45, 7) is 3.37. The number of rotatable bonds is 2. The molecule has 0 N–H and O–H groups in total. The quantitative estimate of drug-likeness (QED) is 0.745. The number of nitrogens with zero attached hydrogens (tertiary/aromatic N) is 2. The number of carbonyl (C=O) groups is 1. The number of amides is 1. The van der Waals surface area contributed by atoms with Gasteiger partial charge in [0.25, 0.3) is 0 Å². The van der Waals surface area contributed by atoms with E-state index in [2.05, 4.69) is 12.1 Å². The Hall–Kier alpha value is -2.08. The molecule has 0 saturated carbocycles. The minimum atomic E-state index is -0.683. The summed E-state index contributed by atoms with van der Waals surface area (Å²) < 4.78 is 0. The minimum Gasteiger partial charge on any atom is -0.337 e. The maximum Gasteiger partial charge on any atom is 0.244 e. The smallest absolute Gasteiger partial charge is 0.244 e. The molecule has 3 heteroatoms. The SMILES string of the molecule is CC1=CCCN(C(=O)C(C#N)c2ccccc2)C1. The Labute approximate surface area is 107 Å². The molecule has 1 heterocycles. The van der Waals surface area contributed by atoms with E-state index >= 15 is 0 Å². The van der Waals surface area contributed by atoms with Crippen molar-refractivity contribution in [3.8, 4) is 6.07 Å². The summed E-state index contributed by atoms with van der Waals surface area (Å²) in [7, 11) is 0. The van der Waals surface area contributed by atoms with E-state index in [-0.39, 0.29) is 5.91 Å². The Morgan fingerprint density at radius 2 is 2.11 bits per heavy atom. The van der Waals surface area contributed by atoms with Gasteiger partial charge >= 0.3 is 0 Å². The lowest BCUT2D eigenvalue weighted by Gasteiger charge is -2.28. The molecule has 92 valence electrons. The van der Waals surface area contributed by atoms with Crippen molar-refractivity contribution < 1.29 is 4.79 Å². The molecule has 0 fully saturated rings. The van der Waals surface area contributed by atoms with E-state index in [1.807, 2.05) is 37.3 Å². The van der Waals surface area contributed by atoms with Gasteiger partial charge in [-0.1, -0.05) is 42.0 Å². The minimum absolute atomic E-state index is 0.0869. The zero-order valence-electron chi connectivity index (χ0n) is 10.5. The van der Waals surface area contributed by atoms with Crippen LogP contribution in [0.1, 0.15) is 24.8 Å². The van der Waals surface area contributed by atoms with Crippen molar-refractivity contribution in [3.63, 3.8) is 0 Å². The summed E-state index contributed by atoms with van der Waals surface area (Å²) in [5.41, 5.74) is 1.97. The van der Waals surface area contributed by atoms with Gasteiger partial charge in [-0.05, 0) is 18.9 Å². The van der Waals surface area contributed by atoms with Crippen molar-refractivity contribution in [1.29, 1.82) is 5.26 Å². The van der Waals surface area contributed by atoms with Crippen LogP contribution in [0, 0.1) is 11.3 Å². The molecule has 0 bridgehead atoms. The summed E-state index contributed by atoms with van der Waals surface area (Å²) in [5, 5.41) is 9.23. The topological polar surface area (TPSA) is 44.1 Å². The van der Waals surface area contributed by atoms with Crippen LogP contribution in [0.25, 0.3) is 0 Å². The highest BCUT2D eigenvalue weighted by atomic mass is 16.2. The predicted octanol–water partition coefficient (Wildman–Crippen LogP) is 2.47. The Morgan fingerprint density at radius 1 is 1.39 bits per heavy atom. The number of hydrogen-bond donors (Lipinski definition) is 0. The fourth-order valence-corrected chi connectivity index (χ4v) is 2.20. The Balaban J connectivity index is 2.17. The molecular formula is C15H16N2O. The highest BCUT2D eigenvalue weighted by Crippen LogP contribution is 2.20. The standard InChI is InChI=1S/C15H16N2O/c1-12-6-5-9-17(11-12)15(18)14(10-16)13-7-3-2-4-8-13/h2-4,6-8,14H,5,9,11H2,1H3. The molecule has 1 aromatic rings. The third-order valence-corrected chi connectivity index (χ3v) is 3.15. The van der Waals surface area contributed by atoms with Gasteiger partial charge in [0.05, 0.1) is 6.07 Å². The zero-order valence-corrected chi connectivity index (χ0v) is 10.5. The van der Waals surface area contributed by atoms with E-state index in [0.717, 1.165) is 12.0 Å². The van der Waals surface area contributed by atoms with Gasteiger partial charge in [0.15, 0.2) is 0 Å². The first-order valence-electron chi connectivity index (χ1n) is 6.11. The summed E-state index contributed by atoms with van der Waals surface area (Å²) >= 11 is 0. The van der Waals surface area contributed by atoms with Gasteiger partial charge in [-0.2, -0.15) is 5.26 Å². The molecule has 1 amide bonds. The Morgan fingerprint density at radius 3 is 2.72 bits per heavy atom. The van der Waals surface area contributed by atoms with Crippen LogP contribution in [0.4, 0.5) is 0 Å². The Bertz CT molecular complexity index is 499. The van der Waals surface area contributed by atoms with E-state index in [0.29, 0.717) is 13.1 Å². The third-order valence-electron chi connectivity index (χ3n) is 3.15. The normalized spacial score (nSPS) is 16.7. The maximum absolute atomic E-state index is 12.4. The van der Waals surface area contributed by atoms with Crippen LogP contribution in [-0.4, -0.2) is 23.9 Å². The molecule has 2 rings (SSSR count). The number of carbonyl (C=O) groups excluding carboxylic acids is 1. The molecule has 1 aliphatic heterocycles. The van der Waals surface area contributed by atoms with Crippen LogP contribution in [0.15, 0.2) is 42.0 Å². The number of benzene rings is 1. The van der Waals surface area contributed by atoms with Gasteiger partial charge < -0.3 is 4.90 Å². The van der Waals surface area contributed by atoms with E-state index in [1.54, 1.807) is 4.90 Å². The molecule has 1 unspecified atom stereocenters. The van der Waals surface area contributed by atoms with Crippen molar-refractivity contribution in [2.24, 2.45) is 0 Å². The molecule has 0 saturated heterocycles. The van der Waals surface area contributed by atoms with Crippen molar-refractivity contribution in [3.05, 3.63) is 47.5 Å². The van der Waals surface area contributed by atoms with Gasteiger partial charge in [0, 0.05) is 13.1 Å². The number of nitriles is 1. The molecule has 3 nitrogen and oxygen atoms in total. The van der Waals surface area contributed by atoms with Gasteiger partial charge in [-0.15, -0.1) is 0 Å². The molecule has 0 aliphatic carbocycles. The molecule has 18 heavy (non-hydrogen) atoms. The maximum atomic E-state index is 12.4. The molecule has 1 atom stereocenters. The molecular weight excluding hydrogens is 224 g/mol. The van der Waals surface area contributed by atoms with Gasteiger partial charge in [0.1, 0.15) is 5.92 Å². The molecule has 0 radical (unpaired) electrons. The first-order valence-corrected chi connectivity index (χ1v) is 6.11. The van der Waals surface area contributed by atoms with Crippen molar-refractivity contribution >= 4 is 5.91 Å². The second-order valence-corrected chi connectivity index (χ2v) is 4.57. The molecule has 1 aliphatic rings. The fraction of sp³-hybridized carbons (Fsp3) is 0.333. The van der Waals surface area contributed by atoms with Gasteiger partial charge in [-0.25, -0.2) is 0 Å². The summed E-state index contributed by atoms with van der Waals surface area (Å²) in [5.74, 6) is -0.770. The summed E-state index contributed by atoms with van der Waals surface area (Å²) in [6.07, 6.45) is 3.03. The predicted molar refractivity (Wildman–Crippen MR) is 69.8 cm³/mol. The highest BCUT2D eigenvalue weighted by Gasteiger charge is 2.26. The van der Waals surface area contributed by atoms with Crippen LogP contribution >= 0.6 is 0 Å². The monoisotopic (exact) mass is 240 g/mol. The van der Waals surface area contributed by atoms with Crippen LogP contribution in [0.3, 0.4) is 0 Å². The van der Waals surface area contributed by atoms with Crippen LogP contribution in [-0.2, 0) is 4.79 Å². The lowest BCUT2D eigenvalue weighted by molar-refractivity contribution is -0.131. The zero-order chi connectivity index (χ0) is 13.0. The van der Waals surface area contributed by atoms with Crippen LogP contribution < -0.4 is 0 Å². The highest BCUT2D eigenvalue weighted by molar-refractivity contribution is 5.86. The van der Waals surface area contributed by atoms with Crippen LogP contribution in [0.2, 0.25) is 0 Å². The molecule has 1 aromatic carbocycles. The number of hydrogen-bond acceptors (Lipinski definition) is 2. The lowest BCUT2D eigenvalue weighted by atomic mass is 9.98. The van der Waals surface area contributed by atoms with E-state index < -0.39 is 5.92 Å². The van der Waals surface area contributed by atoms with Crippen molar-refractivity contribution in [1.82, 2.24) is 4.90 Å². The van der Waals surface area contributed by atoms with Gasteiger partial charge in [-0.3, -0.25) is 4.79 Å². The summed E-state index contributed by atoms with van der Waals surface area (Å²) in [6, 6.07) is 11.4. The average molecular weight is 240 g/mol. The second kappa shape index (κ2) is 5.50. The van der Waals surface area contributed by atoms with Crippen molar-refractivity contribution in [2.75, 3.05) is 13.1 Å². The molecule has 0 aromatic heterocycles. The average Bonchev–Trinajstić information content (AvgIpc) is 2.41. The molecule has 0 spiro atoms. The van der Waals surface area contributed by atoms with Crippen molar-refractivity contribution in [2.45, 2.75) is 19.3 Å². The lowest BCUT2D eigenvalue weighted by Crippen LogP contribution is -2.38. The van der Waals surface area contributed by atoms with E-state index in [1.165, 1.54) is 5.57 Å². The first-order chi connectivity index (χ1) is 8.72. The summed E-state index contributed by atoms with van der Waals surface area (Å²) in [4.78, 5) is 14.1. The largest absolute Gasteiger partial charge is 0.337 e. The van der Waals surface area contributed by atoms with Gasteiger partial charge in [0.2, 0.25) is 5.91 Å². The fourth-order valence-electron chi connectivity index (χ4n) is 2.20. The first kappa shape index (κ1) is 12.4. The Kier molecular flexibility index (Phi) is 3.78. The van der Waals surface area contributed by atoms with Crippen LogP contribution in [0.5, 0.6) is 0 Å². The van der Waals surface area contributed by atoms with E-state index in [9.17, 15) is 10.1 Å². The third kappa shape index (κ3) is 2.60. The van der Waals surface area contributed by atoms with E-state index in [4.69, 9.17) is 0 Å².